The molecule has 0 saturated carbocycles. The summed E-state index contributed by atoms with van der Waals surface area (Å²) in [5.41, 5.74) is 6.55. The van der Waals surface area contributed by atoms with Gasteiger partial charge in [-0.15, -0.1) is 0 Å². The zero-order chi connectivity index (χ0) is 15.8. The Hall–Kier alpha value is -0.460. The zero-order valence-electron chi connectivity index (χ0n) is 15.0. The summed E-state index contributed by atoms with van der Waals surface area (Å²) in [6, 6.07) is 0. The summed E-state index contributed by atoms with van der Waals surface area (Å²) in [6.07, 6.45) is 20.6. The quantitative estimate of drug-likeness (QED) is 0.306. The second-order valence-corrected chi connectivity index (χ2v) is 6.82. The summed E-state index contributed by atoms with van der Waals surface area (Å²) in [5, 5.41) is 0. The van der Waals surface area contributed by atoms with Crippen molar-refractivity contribution in [1.82, 2.24) is 0 Å². The monoisotopic (exact) mass is 295 g/mol. The molecule has 126 valence electrons. The summed E-state index contributed by atoms with van der Waals surface area (Å²) in [5.74, 6) is 0.938. The molecule has 0 radical (unpaired) electrons. The Morgan fingerprint density at radius 1 is 0.714 bits per heavy atom. The molecule has 0 fully saturated rings. The number of hydrogen-bond donors (Lipinski definition) is 1. The van der Waals surface area contributed by atoms with Crippen LogP contribution in [0.5, 0.6) is 0 Å². The van der Waals surface area contributed by atoms with Crippen LogP contribution < -0.4 is 5.73 Å². The first-order valence-corrected chi connectivity index (χ1v) is 9.63. The molecule has 0 aliphatic rings. The third-order valence-corrected chi connectivity index (χ3v) is 4.54. The molecule has 21 heavy (non-hydrogen) atoms. The van der Waals surface area contributed by atoms with Gasteiger partial charge in [0.15, 0.2) is 0 Å². The topological polar surface area (TPSA) is 26.0 Å². The molecule has 2 N–H and O–H groups in total. The summed E-state index contributed by atoms with van der Waals surface area (Å²) in [4.78, 5) is 0. The minimum atomic E-state index is 0.861. The van der Waals surface area contributed by atoms with E-state index in [9.17, 15) is 0 Å². The Kier molecular flexibility index (Phi) is 15.6. The Labute approximate surface area is 134 Å². The van der Waals surface area contributed by atoms with Crippen molar-refractivity contribution in [2.24, 2.45) is 11.7 Å². The number of unbranched alkanes of at least 4 members (excludes halogenated alkanes) is 8. The average Bonchev–Trinajstić information content (AvgIpc) is 2.45. The maximum atomic E-state index is 5.69. The maximum Gasteiger partial charge on any atom is 0.000744 e. The van der Waals surface area contributed by atoms with Crippen LogP contribution in [0.25, 0.3) is 0 Å². The fourth-order valence-corrected chi connectivity index (χ4v) is 3.12. The third-order valence-electron chi connectivity index (χ3n) is 4.54. The fraction of sp³-hybridized carbons (Fsp3) is 0.900. The molecule has 0 bridgehead atoms. The minimum Gasteiger partial charge on any atom is -0.403 e. The van der Waals surface area contributed by atoms with Gasteiger partial charge >= 0.3 is 0 Å². The van der Waals surface area contributed by atoms with Gasteiger partial charge in [0.1, 0.15) is 0 Å². The summed E-state index contributed by atoms with van der Waals surface area (Å²) >= 11 is 0. The normalized spacial score (nSPS) is 11.2. The van der Waals surface area contributed by atoms with Gasteiger partial charge in [-0.05, 0) is 18.8 Å². The first kappa shape index (κ1) is 20.5. The molecule has 0 saturated heterocycles. The van der Waals surface area contributed by atoms with Crippen LogP contribution in [-0.2, 0) is 0 Å². The van der Waals surface area contributed by atoms with Gasteiger partial charge in [-0.25, -0.2) is 0 Å². The highest BCUT2D eigenvalue weighted by molar-refractivity contribution is 4.85. The molecule has 0 aromatic carbocycles. The van der Waals surface area contributed by atoms with Crippen LogP contribution in [0, 0.1) is 5.92 Å². The zero-order valence-corrected chi connectivity index (χ0v) is 15.0. The van der Waals surface area contributed by atoms with Crippen LogP contribution in [0.15, 0.2) is 12.3 Å². The molecule has 1 nitrogen and oxygen atoms in total. The van der Waals surface area contributed by atoms with Crippen LogP contribution in [0.3, 0.4) is 0 Å². The third kappa shape index (κ3) is 15.7. The van der Waals surface area contributed by atoms with E-state index in [0.717, 1.165) is 18.0 Å². The van der Waals surface area contributed by atoms with E-state index in [1.165, 1.54) is 89.9 Å². The van der Waals surface area contributed by atoms with Crippen molar-refractivity contribution in [2.45, 2.75) is 110 Å². The Balaban J connectivity index is 3.77. The van der Waals surface area contributed by atoms with E-state index in [0.29, 0.717) is 0 Å². The van der Waals surface area contributed by atoms with Crippen LogP contribution >= 0.6 is 0 Å². The van der Waals surface area contributed by atoms with Crippen LogP contribution in [0.2, 0.25) is 0 Å². The Bertz CT molecular complexity index is 208. The first-order valence-electron chi connectivity index (χ1n) is 9.63. The largest absolute Gasteiger partial charge is 0.403 e. The standard InChI is InChI=1S/C20H41N/c1-4-6-8-10-12-16-20(18-14-15-19(3)21)17-13-11-9-7-5-2/h20H,3-18,21H2,1-2H3. The van der Waals surface area contributed by atoms with Gasteiger partial charge in [-0.1, -0.05) is 104 Å². The highest BCUT2D eigenvalue weighted by atomic mass is 14.5. The number of nitrogens with two attached hydrogens (primary N) is 1. The molecule has 0 amide bonds. The summed E-state index contributed by atoms with van der Waals surface area (Å²) in [6.45, 7) is 8.40. The lowest BCUT2D eigenvalue weighted by Gasteiger charge is -2.17. The van der Waals surface area contributed by atoms with Crippen LogP contribution in [0.1, 0.15) is 110 Å². The molecule has 0 atom stereocenters. The van der Waals surface area contributed by atoms with E-state index in [4.69, 9.17) is 5.73 Å². The molecular weight excluding hydrogens is 254 g/mol. The van der Waals surface area contributed by atoms with Gasteiger partial charge < -0.3 is 5.73 Å². The van der Waals surface area contributed by atoms with E-state index in [1.54, 1.807) is 0 Å². The average molecular weight is 296 g/mol. The molecule has 0 spiro atoms. The lowest BCUT2D eigenvalue weighted by atomic mass is 9.90. The molecule has 1 heteroatoms. The minimum absolute atomic E-state index is 0.861. The van der Waals surface area contributed by atoms with Gasteiger partial charge in [0, 0.05) is 5.70 Å². The van der Waals surface area contributed by atoms with Crippen LogP contribution in [-0.4, -0.2) is 0 Å². The summed E-state index contributed by atoms with van der Waals surface area (Å²) in [7, 11) is 0. The van der Waals surface area contributed by atoms with Gasteiger partial charge in [0.25, 0.3) is 0 Å². The van der Waals surface area contributed by atoms with E-state index >= 15 is 0 Å². The van der Waals surface area contributed by atoms with Crippen molar-refractivity contribution in [3.8, 4) is 0 Å². The Morgan fingerprint density at radius 2 is 1.14 bits per heavy atom. The molecular formula is C20H41N. The lowest BCUT2D eigenvalue weighted by molar-refractivity contribution is 0.372. The number of rotatable bonds is 16. The van der Waals surface area contributed by atoms with E-state index in [1.807, 2.05) is 0 Å². The molecule has 0 aliphatic carbocycles. The van der Waals surface area contributed by atoms with Crippen molar-refractivity contribution in [3.05, 3.63) is 12.3 Å². The highest BCUT2D eigenvalue weighted by Crippen LogP contribution is 2.24. The second kappa shape index (κ2) is 15.9. The van der Waals surface area contributed by atoms with Gasteiger partial charge in [0.2, 0.25) is 0 Å². The number of allylic oxidation sites excluding steroid dienone is 1. The first-order chi connectivity index (χ1) is 10.2. The van der Waals surface area contributed by atoms with E-state index in [-0.39, 0.29) is 0 Å². The van der Waals surface area contributed by atoms with Gasteiger partial charge in [-0.3, -0.25) is 0 Å². The number of hydrogen-bond acceptors (Lipinski definition) is 1. The predicted octanol–water partition coefficient (Wildman–Crippen LogP) is 6.97. The van der Waals surface area contributed by atoms with Crippen molar-refractivity contribution < 1.29 is 0 Å². The lowest BCUT2D eigenvalue weighted by Crippen LogP contribution is -2.03. The molecule has 0 heterocycles. The van der Waals surface area contributed by atoms with Crippen molar-refractivity contribution >= 4 is 0 Å². The predicted molar refractivity (Wildman–Crippen MR) is 97.4 cm³/mol. The maximum absolute atomic E-state index is 5.69. The van der Waals surface area contributed by atoms with Crippen molar-refractivity contribution in [2.75, 3.05) is 0 Å². The SMILES string of the molecule is C=C(N)CCCC(CCCCCCC)CCCCCCC. The molecule has 0 aromatic heterocycles. The van der Waals surface area contributed by atoms with E-state index < -0.39 is 0 Å². The molecule has 0 rings (SSSR count). The van der Waals surface area contributed by atoms with Gasteiger partial charge in [0.05, 0.1) is 0 Å². The van der Waals surface area contributed by atoms with Crippen molar-refractivity contribution in [3.63, 3.8) is 0 Å². The highest BCUT2D eigenvalue weighted by Gasteiger charge is 2.08. The fourth-order valence-electron chi connectivity index (χ4n) is 3.12. The van der Waals surface area contributed by atoms with Gasteiger partial charge in [-0.2, -0.15) is 0 Å². The van der Waals surface area contributed by atoms with Crippen LogP contribution in [0.4, 0.5) is 0 Å². The smallest absolute Gasteiger partial charge is 0.000744 e. The summed E-state index contributed by atoms with van der Waals surface area (Å²) < 4.78 is 0. The molecule has 0 aliphatic heterocycles. The van der Waals surface area contributed by atoms with Crippen molar-refractivity contribution in [1.29, 1.82) is 0 Å². The Morgan fingerprint density at radius 3 is 1.57 bits per heavy atom. The molecule has 0 aromatic rings. The molecule has 0 unspecified atom stereocenters. The second-order valence-electron chi connectivity index (χ2n) is 6.82. The van der Waals surface area contributed by atoms with E-state index in [2.05, 4.69) is 20.4 Å².